The maximum absolute atomic E-state index is 12.6. The highest BCUT2D eigenvalue weighted by Gasteiger charge is 2.14. The van der Waals surface area contributed by atoms with Crippen molar-refractivity contribution in [1.29, 1.82) is 0 Å². The first kappa shape index (κ1) is 21.1. The summed E-state index contributed by atoms with van der Waals surface area (Å²) in [5, 5.41) is 5.78. The molecule has 5 heteroatoms. The third-order valence-corrected chi connectivity index (χ3v) is 4.64. The van der Waals surface area contributed by atoms with E-state index in [4.69, 9.17) is 4.74 Å². The number of carbonyl (C=O) groups is 2. The van der Waals surface area contributed by atoms with Crippen molar-refractivity contribution in [2.75, 3.05) is 11.9 Å². The van der Waals surface area contributed by atoms with Crippen LogP contribution in [0.5, 0.6) is 5.75 Å². The van der Waals surface area contributed by atoms with Crippen molar-refractivity contribution in [2.45, 2.75) is 25.8 Å². The van der Waals surface area contributed by atoms with Gasteiger partial charge in [-0.05, 0) is 49.6 Å². The highest BCUT2D eigenvalue weighted by Crippen LogP contribution is 2.19. The van der Waals surface area contributed by atoms with Gasteiger partial charge in [-0.1, -0.05) is 60.7 Å². The maximum Gasteiger partial charge on any atom is 0.259 e. The van der Waals surface area contributed by atoms with Gasteiger partial charge in [-0.25, -0.2) is 0 Å². The number of benzene rings is 3. The van der Waals surface area contributed by atoms with Crippen molar-refractivity contribution in [1.82, 2.24) is 5.32 Å². The molecule has 0 aliphatic rings. The molecule has 0 radical (unpaired) electrons. The van der Waals surface area contributed by atoms with Crippen molar-refractivity contribution in [2.24, 2.45) is 0 Å². The Hall–Kier alpha value is -3.60. The van der Waals surface area contributed by atoms with Crippen LogP contribution in [0.2, 0.25) is 0 Å². The minimum Gasteiger partial charge on any atom is -0.483 e. The summed E-state index contributed by atoms with van der Waals surface area (Å²) in [4.78, 5) is 24.9. The number of aryl methyl sites for hydroxylation is 1. The van der Waals surface area contributed by atoms with E-state index in [2.05, 4.69) is 22.8 Å². The first-order valence-corrected chi connectivity index (χ1v) is 10.0. The van der Waals surface area contributed by atoms with Crippen LogP contribution in [0.1, 0.15) is 29.3 Å². The Morgan fingerprint density at radius 2 is 1.50 bits per heavy atom. The standard InChI is InChI=1S/C25H26N2O3/c1-19(16-17-20-10-4-2-5-11-20)26-24(28)18-30-23-15-9-8-14-22(23)25(29)27-21-12-6-3-7-13-21/h2-15,19H,16-18H2,1H3,(H,26,28)(H,27,29)/t19-/m0/s1. The van der Waals surface area contributed by atoms with E-state index in [1.807, 2.05) is 55.5 Å². The summed E-state index contributed by atoms with van der Waals surface area (Å²) in [6.07, 6.45) is 1.73. The average molecular weight is 402 g/mol. The van der Waals surface area contributed by atoms with Crippen molar-refractivity contribution in [3.63, 3.8) is 0 Å². The van der Waals surface area contributed by atoms with Crippen molar-refractivity contribution in [3.05, 3.63) is 96.1 Å². The fourth-order valence-corrected chi connectivity index (χ4v) is 3.06. The molecule has 0 bridgehead atoms. The minimum atomic E-state index is -0.284. The number of amides is 2. The van der Waals surface area contributed by atoms with E-state index in [9.17, 15) is 9.59 Å². The molecule has 0 saturated heterocycles. The van der Waals surface area contributed by atoms with Crippen LogP contribution in [0.4, 0.5) is 5.69 Å². The monoisotopic (exact) mass is 402 g/mol. The molecular formula is C25H26N2O3. The summed E-state index contributed by atoms with van der Waals surface area (Å²) < 4.78 is 5.65. The lowest BCUT2D eigenvalue weighted by atomic mass is 10.1. The van der Waals surface area contributed by atoms with Crippen molar-refractivity contribution < 1.29 is 14.3 Å². The second-order valence-corrected chi connectivity index (χ2v) is 7.10. The number of rotatable bonds is 9. The molecule has 5 nitrogen and oxygen atoms in total. The zero-order valence-electron chi connectivity index (χ0n) is 17.0. The van der Waals surface area contributed by atoms with Gasteiger partial charge in [0.25, 0.3) is 11.8 Å². The van der Waals surface area contributed by atoms with E-state index >= 15 is 0 Å². The lowest BCUT2D eigenvalue weighted by molar-refractivity contribution is -0.123. The third kappa shape index (κ3) is 6.48. The molecule has 0 saturated carbocycles. The summed E-state index contributed by atoms with van der Waals surface area (Å²) in [5.41, 5.74) is 2.32. The minimum absolute atomic E-state index is 0.0259. The fraction of sp³-hybridized carbons (Fsp3) is 0.200. The molecule has 0 aliphatic heterocycles. The molecule has 3 rings (SSSR count). The van der Waals surface area contributed by atoms with Gasteiger partial charge in [0.05, 0.1) is 5.56 Å². The number of hydrogen-bond donors (Lipinski definition) is 2. The zero-order valence-corrected chi connectivity index (χ0v) is 17.0. The summed E-state index contributed by atoms with van der Waals surface area (Å²) in [5.74, 6) is -0.125. The summed E-state index contributed by atoms with van der Waals surface area (Å²) in [6, 6.07) is 26.3. The van der Waals surface area contributed by atoms with Gasteiger partial charge >= 0.3 is 0 Å². The molecule has 0 unspecified atom stereocenters. The SMILES string of the molecule is C[C@@H](CCc1ccccc1)NC(=O)COc1ccccc1C(=O)Nc1ccccc1. The van der Waals surface area contributed by atoms with E-state index in [0.29, 0.717) is 17.0 Å². The first-order valence-electron chi connectivity index (χ1n) is 10.0. The highest BCUT2D eigenvalue weighted by molar-refractivity contribution is 6.06. The molecule has 30 heavy (non-hydrogen) atoms. The lowest BCUT2D eigenvalue weighted by Crippen LogP contribution is -2.36. The quantitative estimate of drug-likeness (QED) is 0.555. The fourth-order valence-electron chi connectivity index (χ4n) is 3.06. The van der Waals surface area contributed by atoms with E-state index in [0.717, 1.165) is 12.8 Å². The largest absolute Gasteiger partial charge is 0.483 e. The molecule has 154 valence electrons. The van der Waals surface area contributed by atoms with Gasteiger partial charge in [0.15, 0.2) is 6.61 Å². The van der Waals surface area contributed by atoms with Crippen LogP contribution in [0.3, 0.4) is 0 Å². The number of ether oxygens (including phenoxy) is 1. The topological polar surface area (TPSA) is 67.4 Å². The van der Waals surface area contributed by atoms with Crippen LogP contribution in [-0.2, 0) is 11.2 Å². The number of para-hydroxylation sites is 2. The molecule has 1 atom stereocenters. The van der Waals surface area contributed by atoms with Crippen molar-refractivity contribution >= 4 is 17.5 Å². The number of carbonyl (C=O) groups excluding carboxylic acids is 2. The maximum atomic E-state index is 12.6. The molecule has 3 aromatic rings. The second-order valence-electron chi connectivity index (χ2n) is 7.10. The van der Waals surface area contributed by atoms with Crippen LogP contribution in [-0.4, -0.2) is 24.5 Å². The molecule has 0 aliphatic carbocycles. The number of anilines is 1. The van der Waals surface area contributed by atoms with E-state index in [-0.39, 0.29) is 24.5 Å². The number of nitrogens with one attached hydrogen (secondary N) is 2. The second kappa shape index (κ2) is 10.8. The van der Waals surface area contributed by atoms with Gasteiger partial charge in [-0.2, -0.15) is 0 Å². The third-order valence-electron chi connectivity index (χ3n) is 4.64. The van der Waals surface area contributed by atoms with Crippen LogP contribution in [0.15, 0.2) is 84.9 Å². The molecule has 0 fully saturated rings. The zero-order chi connectivity index (χ0) is 21.2. The summed E-state index contributed by atoms with van der Waals surface area (Å²) >= 11 is 0. The Morgan fingerprint density at radius 1 is 0.867 bits per heavy atom. The molecule has 2 amide bonds. The molecular weight excluding hydrogens is 376 g/mol. The Bertz CT molecular complexity index is 958. The predicted molar refractivity (Wildman–Crippen MR) is 119 cm³/mol. The molecule has 0 spiro atoms. The van der Waals surface area contributed by atoms with Gasteiger partial charge in [0, 0.05) is 11.7 Å². The normalized spacial score (nSPS) is 11.4. The Morgan fingerprint density at radius 3 is 2.23 bits per heavy atom. The van der Waals surface area contributed by atoms with Crippen LogP contribution in [0, 0.1) is 0 Å². The highest BCUT2D eigenvalue weighted by atomic mass is 16.5. The lowest BCUT2D eigenvalue weighted by Gasteiger charge is -2.15. The molecule has 2 N–H and O–H groups in total. The van der Waals surface area contributed by atoms with Gasteiger partial charge in [0.2, 0.25) is 0 Å². The Kier molecular flexibility index (Phi) is 7.61. The molecule has 3 aromatic carbocycles. The average Bonchev–Trinajstić information content (AvgIpc) is 2.78. The Balaban J connectivity index is 1.50. The van der Waals surface area contributed by atoms with E-state index < -0.39 is 0 Å². The first-order chi connectivity index (χ1) is 14.6. The van der Waals surface area contributed by atoms with Gasteiger partial charge < -0.3 is 15.4 Å². The molecule has 0 heterocycles. The van der Waals surface area contributed by atoms with Crippen molar-refractivity contribution in [3.8, 4) is 5.75 Å². The van der Waals surface area contributed by atoms with E-state index in [1.165, 1.54) is 5.56 Å². The summed E-state index contributed by atoms with van der Waals surface area (Å²) in [7, 11) is 0. The van der Waals surface area contributed by atoms with Crippen LogP contribution < -0.4 is 15.4 Å². The van der Waals surface area contributed by atoms with Crippen LogP contribution in [0.25, 0.3) is 0 Å². The van der Waals surface area contributed by atoms with Gasteiger partial charge in [0.1, 0.15) is 5.75 Å². The predicted octanol–water partition coefficient (Wildman–Crippen LogP) is 4.46. The molecule has 0 aromatic heterocycles. The van der Waals surface area contributed by atoms with Crippen LogP contribution >= 0.6 is 0 Å². The number of hydrogen-bond acceptors (Lipinski definition) is 3. The van der Waals surface area contributed by atoms with E-state index in [1.54, 1.807) is 24.3 Å². The Labute approximate surface area is 177 Å². The van der Waals surface area contributed by atoms with Gasteiger partial charge in [-0.3, -0.25) is 9.59 Å². The summed E-state index contributed by atoms with van der Waals surface area (Å²) in [6.45, 7) is 1.83. The smallest absolute Gasteiger partial charge is 0.259 e. The van der Waals surface area contributed by atoms with Gasteiger partial charge in [-0.15, -0.1) is 0 Å².